The first-order valence-electron chi connectivity index (χ1n) is 10.9. The summed E-state index contributed by atoms with van der Waals surface area (Å²) in [6, 6.07) is 17.4. The first-order valence-corrected chi connectivity index (χ1v) is 10.9. The average Bonchev–Trinajstić information content (AvgIpc) is 3.21. The van der Waals surface area contributed by atoms with Crippen LogP contribution in [0.1, 0.15) is 12.0 Å². The Bertz CT molecular complexity index is 866. The number of anilines is 1. The molecule has 2 aromatic rings. The molecule has 2 aromatic carbocycles. The summed E-state index contributed by atoms with van der Waals surface area (Å²) in [7, 11) is 0. The van der Waals surface area contributed by atoms with Crippen molar-refractivity contribution < 1.29 is 19.1 Å². The van der Waals surface area contributed by atoms with E-state index in [1.807, 2.05) is 54.6 Å². The van der Waals surface area contributed by atoms with Crippen molar-refractivity contribution in [3.63, 3.8) is 0 Å². The monoisotopic (exact) mass is 423 g/mol. The minimum absolute atomic E-state index is 0.137. The topological polar surface area (TPSA) is 71.1 Å². The molecule has 1 atom stereocenters. The van der Waals surface area contributed by atoms with Gasteiger partial charge in [-0.1, -0.05) is 30.3 Å². The minimum atomic E-state index is -0.612. The van der Waals surface area contributed by atoms with Gasteiger partial charge in [0.2, 0.25) is 11.8 Å². The van der Waals surface area contributed by atoms with Gasteiger partial charge in [0.1, 0.15) is 18.3 Å². The largest absolute Gasteiger partial charge is 0.489 e. The fraction of sp³-hybridized carbons (Fsp3) is 0.417. The fourth-order valence-corrected chi connectivity index (χ4v) is 3.93. The SMILES string of the molecule is O=C(NCCN1CCOCC1)C1CCN(c2ccc(OCc3ccccc3)cc2)C1=O. The molecule has 7 heteroatoms. The van der Waals surface area contributed by atoms with E-state index in [0.29, 0.717) is 26.1 Å². The van der Waals surface area contributed by atoms with E-state index in [1.165, 1.54) is 0 Å². The highest BCUT2D eigenvalue weighted by molar-refractivity contribution is 6.09. The fourth-order valence-electron chi connectivity index (χ4n) is 3.93. The van der Waals surface area contributed by atoms with Crippen LogP contribution in [0.2, 0.25) is 0 Å². The number of benzene rings is 2. The summed E-state index contributed by atoms with van der Waals surface area (Å²) in [6.45, 7) is 5.62. The second kappa shape index (κ2) is 10.4. The van der Waals surface area contributed by atoms with E-state index >= 15 is 0 Å². The van der Waals surface area contributed by atoms with E-state index in [4.69, 9.17) is 9.47 Å². The third kappa shape index (κ3) is 5.62. The van der Waals surface area contributed by atoms with Crippen molar-refractivity contribution in [3.05, 3.63) is 60.2 Å². The molecule has 2 fully saturated rings. The number of morpholine rings is 1. The Morgan fingerprint density at radius 2 is 1.77 bits per heavy atom. The molecule has 7 nitrogen and oxygen atoms in total. The highest BCUT2D eigenvalue weighted by atomic mass is 16.5. The Morgan fingerprint density at radius 3 is 2.52 bits per heavy atom. The van der Waals surface area contributed by atoms with E-state index in [1.54, 1.807) is 4.90 Å². The lowest BCUT2D eigenvalue weighted by Gasteiger charge is -2.26. The second-order valence-corrected chi connectivity index (χ2v) is 7.84. The molecule has 0 aromatic heterocycles. The van der Waals surface area contributed by atoms with Gasteiger partial charge in [0.25, 0.3) is 0 Å². The lowest BCUT2D eigenvalue weighted by Crippen LogP contribution is -2.43. The second-order valence-electron chi connectivity index (χ2n) is 7.84. The summed E-state index contributed by atoms with van der Waals surface area (Å²) in [4.78, 5) is 29.3. The molecule has 0 spiro atoms. The van der Waals surface area contributed by atoms with Gasteiger partial charge in [-0.05, 0) is 36.2 Å². The van der Waals surface area contributed by atoms with Gasteiger partial charge in [-0.2, -0.15) is 0 Å². The van der Waals surface area contributed by atoms with Gasteiger partial charge in [0.15, 0.2) is 0 Å². The van der Waals surface area contributed by atoms with Gasteiger partial charge in [-0.25, -0.2) is 0 Å². The quantitative estimate of drug-likeness (QED) is 0.659. The van der Waals surface area contributed by atoms with Crippen LogP contribution < -0.4 is 15.0 Å². The number of ether oxygens (including phenoxy) is 2. The molecule has 1 unspecified atom stereocenters. The first-order chi connectivity index (χ1) is 15.2. The number of hydrogen-bond acceptors (Lipinski definition) is 5. The standard InChI is InChI=1S/C24H29N3O4/c28-23(25-11-13-26-14-16-30-17-15-26)22-10-12-27(24(22)29)20-6-8-21(9-7-20)31-18-19-4-2-1-3-5-19/h1-9,22H,10-18H2,(H,25,28). The summed E-state index contributed by atoms with van der Waals surface area (Å²) in [5, 5.41) is 2.93. The molecule has 2 heterocycles. The van der Waals surface area contributed by atoms with Crippen LogP contribution in [0.4, 0.5) is 5.69 Å². The van der Waals surface area contributed by atoms with Crippen LogP contribution in [0.5, 0.6) is 5.75 Å². The molecule has 2 amide bonds. The summed E-state index contributed by atoms with van der Waals surface area (Å²) >= 11 is 0. The van der Waals surface area contributed by atoms with Gasteiger partial charge in [-0.15, -0.1) is 0 Å². The number of nitrogens with one attached hydrogen (secondary N) is 1. The van der Waals surface area contributed by atoms with E-state index in [0.717, 1.165) is 49.8 Å². The Morgan fingerprint density at radius 1 is 1.03 bits per heavy atom. The lowest BCUT2D eigenvalue weighted by molar-refractivity contribution is -0.132. The Balaban J connectivity index is 1.25. The highest BCUT2D eigenvalue weighted by Gasteiger charge is 2.37. The molecule has 4 rings (SSSR count). The van der Waals surface area contributed by atoms with Gasteiger partial charge in [0, 0.05) is 38.4 Å². The molecule has 1 N–H and O–H groups in total. The molecule has 0 saturated carbocycles. The number of rotatable bonds is 8. The zero-order valence-corrected chi connectivity index (χ0v) is 17.7. The molecule has 2 aliphatic heterocycles. The molecule has 0 aliphatic carbocycles. The third-order valence-corrected chi connectivity index (χ3v) is 5.75. The Kier molecular flexibility index (Phi) is 7.17. The maximum Gasteiger partial charge on any atom is 0.239 e. The molecule has 2 aliphatic rings. The Hall–Kier alpha value is -2.90. The van der Waals surface area contributed by atoms with E-state index < -0.39 is 5.92 Å². The van der Waals surface area contributed by atoms with Crippen molar-refractivity contribution in [2.45, 2.75) is 13.0 Å². The van der Waals surface area contributed by atoms with Gasteiger partial charge in [-0.3, -0.25) is 14.5 Å². The minimum Gasteiger partial charge on any atom is -0.489 e. The lowest BCUT2D eigenvalue weighted by atomic mass is 10.1. The maximum absolute atomic E-state index is 12.8. The van der Waals surface area contributed by atoms with E-state index in [2.05, 4.69) is 10.2 Å². The predicted molar refractivity (Wildman–Crippen MR) is 118 cm³/mol. The van der Waals surface area contributed by atoms with Crippen LogP contribution in [0.15, 0.2) is 54.6 Å². The van der Waals surface area contributed by atoms with Crippen LogP contribution in [0.25, 0.3) is 0 Å². The highest BCUT2D eigenvalue weighted by Crippen LogP contribution is 2.27. The summed E-state index contributed by atoms with van der Waals surface area (Å²) in [5.74, 6) is -0.180. The third-order valence-electron chi connectivity index (χ3n) is 5.75. The van der Waals surface area contributed by atoms with Crippen LogP contribution >= 0.6 is 0 Å². The van der Waals surface area contributed by atoms with Gasteiger partial charge in [0.05, 0.1) is 13.2 Å². The van der Waals surface area contributed by atoms with Crippen molar-refractivity contribution in [3.8, 4) is 5.75 Å². The number of hydrogen-bond donors (Lipinski definition) is 1. The summed E-state index contributed by atoms with van der Waals surface area (Å²) in [6.07, 6.45) is 0.536. The van der Waals surface area contributed by atoms with Crippen molar-refractivity contribution in [1.29, 1.82) is 0 Å². The van der Waals surface area contributed by atoms with E-state index in [9.17, 15) is 9.59 Å². The average molecular weight is 424 g/mol. The number of amides is 2. The number of carbonyl (C=O) groups excluding carboxylic acids is 2. The maximum atomic E-state index is 12.8. The van der Waals surface area contributed by atoms with Crippen LogP contribution in [-0.4, -0.2) is 62.7 Å². The zero-order chi connectivity index (χ0) is 21.5. The molecule has 2 saturated heterocycles. The number of nitrogens with zero attached hydrogens (tertiary/aromatic N) is 2. The normalized spacial score (nSPS) is 19.4. The van der Waals surface area contributed by atoms with Crippen molar-refractivity contribution >= 4 is 17.5 Å². The van der Waals surface area contributed by atoms with Crippen molar-refractivity contribution in [1.82, 2.24) is 10.2 Å². The summed E-state index contributed by atoms with van der Waals surface area (Å²) in [5.41, 5.74) is 1.89. The van der Waals surface area contributed by atoms with E-state index in [-0.39, 0.29) is 11.8 Å². The molecule has 0 radical (unpaired) electrons. The van der Waals surface area contributed by atoms with Crippen molar-refractivity contribution in [2.24, 2.45) is 5.92 Å². The predicted octanol–water partition coefficient (Wildman–Crippen LogP) is 2.07. The van der Waals surface area contributed by atoms with Gasteiger partial charge < -0.3 is 19.7 Å². The summed E-state index contributed by atoms with van der Waals surface area (Å²) < 4.78 is 11.1. The van der Waals surface area contributed by atoms with Gasteiger partial charge >= 0.3 is 0 Å². The zero-order valence-electron chi connectivity index (χ0n) is 17.7. The molecule has 0 bridgehead atoms. The van der Waals surface area contributed by atoms with Crippen LogP contribution in [0.3, 0.4) is 0 Å². The van der Waals surface area contributed by atoms with Crippen LogP contribution in [0, 0.1) is 5.92 Å². The number of carbonyl (C=O) groups is 2. The van der Waals surface area contributed by atoms with Crippen LogP contribution in [-0.2, 0) is 20.9 Å². The molecule has 31 heavy (non-hydrogen) atoms. The first kappa shape index (κ1) is 21.3. The molecular formula is C24H29N3O4. The van der Waals surface area contributed by atoms with Crippen molar-refractivity contribution in [2.75, 3.05) is 50.8 Å². The molecular weight excluding hydrogens is 394 g/mol. The molecule has 164 valence electrons. The Labute approximate surface area is 182 Å². The smallest absolute Gasteiger partial charge is 0.239 e.